The Morgan fingerprint density at radius 3 is 0.988 bits per heavy atom. The zero-order chi connectivity index (χ0) is 56.4. The van der Waals surface area contributed by atoms with Crippen molar-refractivity contribution in [2.24, 2.45) is 0 Å². The van der Waals surface area contributed by atoms with E-state index in [1.807, 2.05) is 22.7 Å². The van der Waals surface area contributed by atoms with Crippen molar-refractivity contribution < 1.29 is 0 Å². The van der Waals surface area contributed by atoms with E-state index in [4.69, 9.17) is 0 Å². The van der Waals surface area contributed by atoms with Crippen LogP contribution in [0.3, 0.4) is 0 Å². The van der Waals surface area contributed by atoms with Crippen LogP contribution >= 0.6 is 22.7 Å². The fraction of sp³-hybridized carbons (Fsp3) is 0. The molecule has 0 fully saturated rings. The summed E-state index contributed by atoms with van der Waals surface area (Å²) in [5.41, 5.74) is 17.3. The molecule has 0 spiro atoms. The Kier molecular flexibility index (Phi) is 11.1. The number of hydrogen-bond acceptors (Lipinski definition) is 2. The van der Waals surface area contributed by atoms with Gasteiger partial charge in [-0.2, -0.15) is 0 Å². The maximum Gasteiger partial charge on any atom is 0.0440 e. The first kappa shape index (κ1) is 49.0. The summed E-state index contributed by atoms with van der Waals surface area (Å²) in [4.78, 5) is 0. The lowest BCUT2D eigenvalue weighted by atomic mass is 9.89. The third-order valence-electron chi connectivity index (χ3n) is 18.3. The van der Waals surface area contributed by atoms with E-state index in [1.165, 1.54) is 183 Å². The predicted molar refractivity (Wildman–Crippen MR) is 375 cm³/mol. The zero-order valence-corrected chi connectivity index (χ0v) is 48.3. The van der Waals surface area contributed by atoms with Crippen LogP contribution in [0, 0.1) is 0 Å². The third kappa shape index (κ3) is 7.67. The standard InChI is InChI=1S/C84H50S2/c1-3-17-51(18-4-1)52-35-37-54(38-36-52)61-29-14-32-74-75-33-15-30-63(82(75)85-81(61)74)59-41-44-73-72-43-40-58(49-78(72)69-27-11-12-28-70(69)79(73)50-59)60-45-46-64(53-19-5-2-6-20-53)84-80(60)76-34-16-31-62(83(76)86-84)57-22-13-21-55(47-57)56-39-42-71-67-25-8-7-23-65(67)66-24-9-10-26-68(66)77(71)48-56/h1-50H. The van der Waals surface area contributed by atoms with Crippen molar-refractivity contribution in [3.8, 4) is 77.9 Å². The van der Waals surface area contributed by atoms with Crippen LogP contribution in [-0.2, 0) is 0 Å². The molecule has 86 heavy (non-hydrogen) atoms. The monoisotopic (exact) mass is 1120 g/mol. The first-order chi connectivity index (χ1) is 42.6. The summed E-state index contributed by atoms with van der Waals surface area (Å²) in [5, 5.41) is 20.5. The van der Waals surface area contributed by atoms with Crippen molar-refractivity contribution in [1.82, 2.24) is 0 Å². The van der Waals surface area contributed by atoms with E-state index in [0.717, 1.165) is 0 Å². The summed E-state index contributed by atoms with van der Waals surface area (Å²) in [7, 11) is 0. The highest BCUT2D eigenvalue weighted by Crippen LogP contribution is 2.50. The molecule has 0 saturated carbocycles. The molecule has 0 atom stereocenters. The van der Waals surface area contributed by atoms with Crippen LogP contribution in [0.5, 0.6) is 0 Å². The van der Waals surface area contributed by atoms with E-state index in [1.54, 1.807) is 0 Å². The first-order valence-electron chi connectivity index (χ1n) is 29.6. The van der Waals surface area contributed by atoms with E-state index >= 15 is 0 Å². The molecule has 398 valence electrons. The molecule has 0 aliphatic carbocycles. The van der Waals surface area contributed by atoms with Crippen LogP contribution in [0.2, 0.25) is 0 Å². The zero-order valence-electron chi connectivity index (χ0n) is 46.7. The van der Waals surface area contributed by atoms with Gasteiger partial charge in [-0.3, -0.25) is 0 Å². The molecule has 16 aromatic carbocycles. The smallest absolute Gasteiger partial charge is 0.0440 e. The molecular formula is C84H50S2. The summed E-state index contributed by atoms with van der Waals surface area (Å²) in [5.74, 6) is 0. The van der Waals surface area contributed by atoms with Crippen molar-refractivity contribution in [2.75, 3.05) is 0 Å². The van der Waals surface area contributed by atoms with E-state index in [0.29, 0.717) is 0 Å². The van der Waals surface area contributed by atoms with Gasteiger partial charge >= 0.3 is 0 Å². The van der Waals surface area contributed by atoms with E-state index in [-0.39, 0.29) is 0 Å². The second-order valence-electron chi connectivity index (χ2n) is 22.9. The normalized spacial score (nSPS) is 12.0. The minimum absolute atomic E-state index is 1.21. The second kappa shape index (κ2) is 19.6. The number of benzene rings is 16. The molecule has 2 aromatic heterocycles. The first-order valence-corrected chi connectivity index (χ1v) is 31.3. The minimum atomic E-state index is 1.21. The Balaban J connectivity index is 0.760. The fourth-order valence-corrected chi connectivity index (χ4v) is 17.0. The van der Waals surface area contributed by atoms with Gasteiger partial charge in [0.05, 0.1) is 0 Å². The Morgan fingerprint density at radius 1 is 0.140 bits per heavy atom. The Bertz CT molecular complexity index is 5750. The molecular weight excluding hydrogens is 1070 g/mol. The molecule has 0 radical (unpaired) electrons. The summed E-state index contributed by atoms with van der Waals surface area (Å²) < 4.78 is 5.25. The predicted octanol–water partition coefficient (Wildman–Crippen LogP) is 25.0. The van der Waals surface area contributed by atoms with Gasteiger partial charge in [0.15, 0.2) is 0 Å². The van der Waals surface area contributed by atoms with E-state index < -0.39 is 0 Å². The van der Waals surface area contributed by atoms with Crippen LogP contribution in [0.4, 0.5) is 0 Å². The fourth-order valence-electron chi connectivity index (χ4n) is 14.2. The number of thiophene rings is 2. The third-order valence-corrected chi connectivity index (χ3v) is 20.8. The molecule has 0 amide bonds. The number of fused-ring (bicyclic) bond motifs is 18. The summed E-state index contributed by atoms with van der Waals surface area (Å²) in [6.45, 7) is 0. The molecule has 2 heterocycles. The van der Waals surface area contributed by atoms with Gasteiger partial charge in [0.25, 0.3) is 0 Å². The SMILES string of the molecule is c1ccc(-c2ccc(-c3cccc4c3sc3c(-c5ccc6c7ccc(-c8ccc(-c9ccccc9)c9sc%10c(-c%11cccc(-c%12ccc%13c%14ccccc%14c%14ccccc%14c%13c%12)c%11)cccc%10c89)cc7c7ccccc7c6c5)cccc34)cc2)cc1. The van der Waals surface area contributed by atoms with Crippen molar-refractivity contribution in [3.05, 3.63) is 303 Å². The largest absolute Gasteiger partial charge is 0.134 e. The van der Waals surface area contributed by atoms with Gasteiger partial charge in [0.1, 0.15) is 0 Å². The van der Waals surface area contributed by atoms with Gasteiger partial charge in [-0.05, 0) is 167 Å². The Labute approximate surface area is 505 Å². The molecule has 0 nitrogen and oxygen atoms in total. The summed E-state index contributed by atoms with van der Waals surface area (Å²) >= 11 is 3.85. The van der Waals surface area contributed by atoms with Crippen LogP contribution in [0.25, 0.3) is 183 Å². The molecule has 0 N–H and O–H groups in total. The van der Waals surface area contributed by atoms with Crippen LogP contribution < -0.4 is 0 Å². The van der Waals surface area contributed by atoms with Gasteiger partial charge in [0, 0.05) is 40.3 Å². The number of rotatable bonds is 7. The second-order valence-corrected chi connectivity index (χ2v) is 25.0. The molecule has 2 heteroatoms. The van der Waals surface area contributed by atoms with Crippen LogP contribution in [0.1, 0.15) is 0 Å². The average Bonchev–Trinajstić information content (AvgIpc) is 3.45. The highest BCUT2D eigenvalue weighted by molar-refractivity contribution is 7.27. The molecule has 18 rings (SSSR count). The highest BCUT2D eigenvalue weighted by Gasteiger charge is 2.21. The molecule has 0 aliphatic rings. The van der Waals surface area contributed by atoms with Gasteiger partial charge in [-0.25, -0.2) is 0 Å². The van der Waals surface area contributed by atoms with Crippen molar-refractivity contribution >= 4 is 128 Å². The Morgan fingerprint density at radius 2 is 0.430 bits per heavy atom. The molecule has 0 saturated heterocycles. The molecule has 18 aromatic rings. The highest BCUT2D eigenvalue weighted by atomic mass is 32.1. The molecule has 0 aliphatic heterocycles. The van der Waals surface area contributed by atoms with Crippen molar-refractivity contribution in [3.63, 3.8) is 0 Å². The quantitative estimate of drug-likeness (QED) is 0.140. The van der Waals surface area contributed by atoms with Gasteiger partial charge in [0.2, 0.25) is 0 Å². The van der Waals surface area contributed by atoms with E-state index in [2.05, 4.69) is 303 Å². The lowest BCUT2D eigenvalue weighted by Gasteiger charge is -2.15. The maximum absolute atomic E-state index is 2.47. The minimum Gasteiger partial charge on any atom is -0.134 e. The van der Waals surface area contributed by atoms with E-state index in [9.17, 15) is 0 Å². The van der Waals surface area contributed by atoms with Crippen LogP contribution in [0.15, 0.2) is 303 Å². The van der Waals surface area contributed by atoms with Gasteiger partial charge < -0.3 is 0 Å². The van der Waals surface area contributed by atoms with Crippen LogP contribution in [-0.4, -0.2) is 0 Å². The number of hydrogen-bond donors (Lipinski definition) is 0. The summed E-state index contributed by atoms with van der Waals surface area (Å²) in [6, 6.07) is 113. The molecule has 0 unspecified atom stereocenters. The van der Waals surface area contributed by atoms with Crippen molar-refractivity contribution in [2.45, 2.75) is 0 Å². The lowest BCUT2D eigenvalue weighted by Crippen LogP contribution is -1.88. The molecule has 0 bridgehead atoms. The van der Waals surface area contributed by atoms with Gasteiger partial charge in [-0.15, -0.1) is 22.7 Å². The maximum atomic E-state index is 2.47. The Hall–Kier alpha value is -10.5. The topological polar surface area (TPSA) is 0 Å². The average molecular weight is 1120 g/mol. The lowest BCUT2D eigenvalue weighted by molar-refractivity contribution is 1.61. The van der Waals surface area contributed by atoms with Crippen molar-refractivity contribution in [1.29, 1.82) is 0 Å². The summed E-state index contributed by atoms with van der Waals surface area (Å²) in [6.07, 6.45) is 0. The van der Waals surface area contributed by atoms with Gasteiger partial charge in [-0.1, -0.05) is 279 Å².